The summed E-state index contributed by atoms with van der Waals surface area (Å²) in [6.07, 6.45) is 2.90. The average molecular weight is 351 g/mol. The monoisotopic (exact) mass is 350 g/mol. The van der Waals surface area contributed by atoms with Crippen LogP contribution in [0.3, 0.4) is 0 Å². The molecule has 1 aromatic carbocycles. The topological polar surface area (TPSA) is 49.4 Å². The molecule has 2 rings (SSSR count). The molecule has 0 unspecified atom stereocenters. The predicted molar refractivity (Wildman–Crippen MR) is 86.5 cm³/mol. The molecule has 0 saturated carbocycles. The summed E-state index contributed by atoms with van der Waals surface area (Å²) >= 11 is 11.8. The van der Waals surface area contributed by atoms with Crippen molar-refractivity contribution in [2.24, 2.45) is 5.92 Å². The van der Waals surface area contributed by atoms with E-state index in [1.54, 1.807) is 4.31 Å². The van der Waals surface area contributed by atoms with Gasteiger partial charge in [-0.2, -0.15) is 4.31 Å². The normalized spacial score (nSPS) is 18.0. The summed E-state index contributed by atoms with van der Waals surface area (Å²) in [5.74, 6) is 0.595. The second-order valence-corrected chi connectivity index (χ2v) is 8.07. The highest BCUT2D eigenvalue weighted by Gasteiger charge is 2.29. The zero-order chi connectivity index (χ0) is 15.5. The van der Waals surface area contributed by atoms with Crippen molar-refractivity contribution >= 4 is 33.2 Å². The number of sulfonamides is 1. The summed E-state index contributed by atoms with van der Waals surface area (Å²) < 4.78 is 26.7. The number of benzene rings is 1. The van der Waals surface area contributed by atoms with Gasteiger partial charge in [-0.3, -0.25) is 0 Å². The smallest absolute Gasteiger partial charge is 0.243 e. The SMILES string of the molecule is CNCCC1CCN(S(=O)(=O)c2ccc(Cl)c(Cl)c2)CC1. The van der Waals surface area contributed by atoms with E-state index in [4.69, 9.17) is 23.2 Å². The van der Waals surface area contributed by atoms with E-state index in [9.17, 15) is 8.42 Å². The molecule has 118 valence electrons. The Balaban J connectivity index is 2.06. The Bertz CT molecular complexity index is 585. The zero-order valence-corrected chi connectivity index (χ0v) is 14.3. The van der Waals surface area contributed by atoms with Crippen LogP contribution in [0.4, 0.5) is 0 Å². The number of rotatable bonds is 5. The van der Waals surface area contributed by atoms with Gasteiger partial charge in [0.1, 0.15) is 0 Å². The molecule has 1 aliphatic rings. The highest BCUT2D eigenvalue weighted by Crippen LogP contribution is 2.29. The van der Waals surface area contributed by atoms with Gasteiger partial charge in [-0.25, -0.2) is 8.42 Å². The van der Waals surface area contributed by atoms with E-state index in [-0.39, 0.29) is 9.92 Å². The maximum absolute atomic E-state index is 12.6. The number of nitrogens with zero attached hydrogens (tertiary/aromatic N) is 1. The van der Waals surface area contributed by atoms with Gasteiger partial charge in [0.15, 0.2) is 0 Å². The summed E-state index contributed by atoms with van der Waals surface area (Å²) in [6, 6.07) is 4.46. The summed E-state index contributed by atoms with van der Waals surface area (Å²) in [7, 11) is -1.54. The van der Waals surface area contributed by atoms with E-state index in [0.717, 1.165) is 25.8 Å². The van der Waals surface area contributed by atoms with Crippen LogP contribution in [-0.4, -0.2) is 39.4 Å². The largest absolute Gasteiger partial charge is 0.320 e. The van der Waals surface area contributed by atoms with Gasteiger partial charge in [-0.1, -0.05) is 23.2 Å². The predicted octanol–water partition coefficient (Wildman–Crippen LogP) is 3.00. The molecule has 1 fully saturated rings. The first-order valence-electron chi connectivity index (χ1n) is 7.05. The zero-order valence-electron chi connectivity index (χ0n) is 12.0. The van der Waals surface area contributed by atoms with Crippen LogP contribution in [0.5, 0.6) is 0 Å². The lowest BCUT2D eigenvalue weighted by atomic mass is 9.95. The number of piperidine rings is 1. The van der Waals surface area contributed by atoms with Crippen LogP contribution in [0.1, 0.15) is 19.3 Å². The van der Waals surface area contributed by atoms with Crippen molar-refractivity contribution in [3.8, 4) is 0 Å². The van der Waals surface area contributed by atoms with Crippen molar-refractivity contribution in [1.82, 2.24) is 9.62 Å². The van der Waals surface area contributed by atoms with Crippen LogP contribution < -0.4 is 5.32 Å². The van der Waals surface area contributed by atoms with E-state index in [1.165, 1.54) is 18.2 Å². The molecule has 0 bridgehead atoms. The minimum atomic E-state index is -3.47. The van der Waals surface area contributed by atoms with Crippen molar-refractivity contribution in [3.05, 3.63) is 28.2 Å². The van der Waals surface area contributed by atoms with Crippen molar-refractivity contribution in [3.63, 3.8) is 0 Å². The van der Waals surface area contributed by atoms with Crippen molar-refractivity contribution in [1.29, 1.82) is 0 Å². The number of nitrogens with one attached hydrogen (secondary N) is 1. The fraction of sp³-hybridized carbons (Fsp3) is 0.571. The summed E-state index contributed by atoms with van der Waals surface area (Å²) in [4.78, 5) is 0.213. The first-order valence-corrected chi connectivity index (χ1v) is 9.24. The first-order chi connectivity index (χ1) is 9.95. The van der Waals surface area contributed by atoms with Crippen LogP contribution in [0, 0.1) is 5.92 Å². The Hall–Kier alpha value is -0.330. The molecule has 4 nitrogen and oxygen atoms in total. The molecule has 0 spiro atoms. The Morgan fingerprint density at radius 2 is 1.90 bits per heavy atom. The standard InChI is InChI=1S/C14H20Cl2N2O2S/c1-17-7-4-11-5-8-18(9-6-11)21(19,20)12-2-3-13(15)14(16)10-12/h2-3,10-11,17H,4-9H2,1H3. The molecule has 1 heterocycles. The molecule has 0 aromatic heterocycles. The molecule has 0 atom stereocenters. The second kappa shape index (κ2) is 7.29. The fourth-order valence-electron chi connectivity index (χ4n) is 2.57. The Morgan fingerprint density at radius 1 is 1.24 bits per heavy atom. The highest BCUT2D eigenvalue weighted by atomic mass is 35.5. The lowest BCUT2D eigenvalue weighted by Crippen LogP contribution is -2.38. The van der Waals surface area contributed by atoms with Gasteiger partial charge in [-0.15, -0.1) is 0 Å². The van der Waals surface area contributed by atoms with Gasteiger partial charge in [0, 0.05) is 13.1 Å². The molecule has 1 aliphatic heterocycles. The number of hydrogen-bond acceptors (Lipinski definition) is 3. The Morgan fingerprint density at radius 3 is 2.48 bits per heavy atom. The quantitative estimate of drug-likeness (QED) is 0.887. The lowest BCUT2D eigenvalue weighted by Gasteiger charge is -2.31. The van der Waals surface area contributed by atoms with Gasteiger partial charge in [0.2, 0.25) is 10.0 Å². The molecule has 0 amide bonds. The van der Waals surface area contributed by atoms with Crippen molar-refractivity contribution in [2.75, 3.05) is 26.7 Å². The molecule has 7 heteroatoms. The number of hydrogen-bond donors (Lipinski definition) is 1. The summed E-state index contributed by atoms with van der Waals surface area (Å²) in [5.41, 5.74) is 0. The molecular formula is C14H20Cl2N2O2S. The molecule has 0 radical (unpaired) electrons. The van der Waals surface area contributed by atoms with Gasteiger partial charge in [-0.05, 0) is 57.0 Å². The Kier molecular flexibility index (Phi) is 5.91. The molecular weight excluding hydrogens is 331 g/mol. The first kappa shape index (κ1) is 17.0. The lowest BCUT2D eigenvalue weighted by molar-refractivity contribution is 0.263. The maximum Gasteiger partial charge on any atom is 0.243 e. The molecule has 21 heavy (non-hydrogen) atoms. The minimum absolute atomic E-state index is 0.213. The summed E-state index contributed by atoms with van der Waals surface area (Å²) in [6.45, 7) is 2.11. The Labute approximate surface area is 136 Å². The van der Waals surface area contributed by atoms with Crippen LogP contribution in [0.25, 0.3) is 0 Å². The van der Waals surface area contributed by atoms with E-state index in [1.807, 2.05) is 7.05 Å². The highest BCUT2D eigenvalue weighted by molar-refractivity contribution is 7.89. The molecule has 0 aliphatic carbocycles. The summed E-state index contributed by atoms with van der Waals surface area (Å²) in [5, 5.41) is 3.76. The third-order valence-corrected chi connectivity index (χ3v) is 6.54. The second-order valence-electron chi connectivity index (χ2n) is 5.32. The van der Waals surface area contributed by atoms with Crippen LogP contribution in [-0.2, 0) is 10.0 Å². The third kappa shape index (κ3) is 4.11. The van der Waals surface area contributed by atoms with Gasteiger partial charge >= 0.3 is 0 Å². The third-order valence-electron chi connectivity index (χ3n) is 3.90. The molecule has 1 N–H and O–H groups in total. The van der Waals surface area contributed by atoms with Gasteiger partial charge < -0.3 is 5.32 Å². The molecule has 1 aromatic rings. The molecule has 1 saturated heterocycles. The van der Waals surface area contributed by atoms with Crippen LogP contribution in [0.15, 0.2) is 23.1 Å². The minimum Gasteiger partial charge on any atom is -0.320 e. The van der Waals surface area contributed by atoms with E-state index >= 15 is 0 Å². The van der Waals surface area contributed by atoms with E-state index in [2.05, 4.69) is 5.32 Å². The van der Waals surface area contributed by atoms with Crippen molar-refractivity contribution < 1.29 is 8.42 Å². The van der Waals surface area contributed by atoms with Gasteiger partial charge in [0.25, 0.3) is 0 Å². The average Bonchev–Trinajstić information content (AvgIpc) is 2.48. The van der Waals surface area contributed by atoms with E-state index < -0.39 is 10.0 Å². The maximum atomic E-state index is 12.6. The van der Waals surface area contributed by atoms with Crippen molar-refractivity contribution in [2.45, 2.75) is 24.2 Å². The van der Waals surface area contributed by atoms with E-state index in [0.29, 0.717) is 24.0 Å². The number of halogens is 2. The van der Waals surface area contributed by atoms with Gasteiger partial charge in [0.05, 0.1) is 14.9 Å². The fourth-order valence-corrected chi connectivity index (χ4v) is 4.43. The van der Waals surface area contributed by atoms with Crippen LogP contribution in [0.2, 0.25) is 10.0 Å². The van der Waals surface area contributed by atoms with Crippen LogP contribution >= 0.6 is 23.2 Å².